The Morgan fingerprint density at radius 3 is 2.53 bits per heavy atom. The summed E-state index contributed by atoms with van der Waals surface area (Å²) in [6, 6.07) is 10.8. The van der Waals surface area contributed by atoms with Crippen molar-refractivity contribution in [1.82, 2.24) is 5.32 Å². The molecule has 0 saturated carbocycles. The molecule has 19 heavy (non-hydrogen) atoms. The van der Waals surface area contributed by atoms with Crippen LogP contribution >= 0.6 is 0 Å². The monoisotopic (exact) mass is 263 g/mol. The van der Waals surface area contributed by atoms with Crippen LogP contribution in [0.4, 0.5) is 0 Å². The molecule has 0 radical (unpaired) electrons. The molecule has 1 atom stereocenters. The van der Waals surface area contributed by atoms with Crippen molar-refractivity contribution in [2.45, 2.75) is 39.5 Å². The summed E-state index contributed by atoms with van der Waals surface area (Å²) in [6.45, 7) is 8.35. The number of hydrogen-bond acceptors (Lipinski definition) is 2. The molecular formula is C17H29NO. The molecule has 0 spiro atoms. The van der Waals surface area contributed by atoms with E-state index in [0.717, 1.165) is 45.6 Å². The minimum atomic E-state index is 0.672. The Labute approximate surface area is 118 Å². The molecule has 0 heterocycles. The Balaban J connectivity index is 2.35. The lowest BCUT2D eigenvalue weighted by Crippen LogP contribution is -2.26. The van der Waals surface area contributed by atoms with Crippen LogP contribution in [0.25, 0.3) is 0 Å². The first-order chi connectivity index (χ1) is 9.36. The molecule has 1 unspecified atom stereocenters. The second-order valence-corrected chi connectivity index (χ2v) is 5.16. The van der Waals surface area contributed by atoms with Crippen molar-refractivity contribution < 1.29 is 4.74 Å². The molecule has 1 N–H and O–H groups in total. The highest BCUT2D eigenvalue weighted by Crippen LogP contribution is 2.12. The van der Waals surface area contributed by atoms with E-state index in [4.69, 9.17) is 4.74 Å². The lowest BCUT2D eigenvalue weighted by molar-refractivity contribution is 0.120. The number of hydrogen-bond donors (Lipinski definition) is 1. The van der Waals surface area contributed by atoms with Gasteiger partial charge >= 0.3 is 0 Å². The third-order valence-corrected chi connectivity index (χ3v) is 3.25. The molecule has 1 aromatic rings. The summed E-state index contributed by atoms with van der Waals surface area (Å²) in [4.78, 5) is 0. The fraction of sp³-hybridized carbons (Fsp3) is 0.647. The van der Waals surface area contributed by atoms with E-state index in [2.05, 4.69) is 49.5 Å². The molecule has 1 aromatic carbocycles. The summed E-state index contributed by atoms with van der Waals surface area (Å²) in [5, 5.41) is 3.54. The van der Waals surface area contributed by atoms with Crippen LogP contribution in [0.1, 0.15) is 38.7 Å². The maximum Gasteiger partial charge on any atom is 0.0469 e. The van der Waals surface area contributed by atoms with Gasteiger partial charge in [-0.05, 0) is 50.3 Å². The topological polar surface area (TPSA) is 21.3 Å². The highest BCUT2D eigenvalue weighted by atomic mass is 16.5. The summed E-state index contributed by atoms with van der Waals surface area (Å²) in [5.41, 5.74) is 1.43. The van der Waals surface area contributed by atoms with Crippen LogP contribution in [0, 0.1) is 5.92 Å². The van der Waals surface area contributed by atoms with Gasteiger partial charge in [-0.3, -0.25) is 0 Å². The summed E-state index contributed by atoms with van der Waals surface area (Å²) < 4.78 is 5.63. The average molecular weight is 263 g/mol. The van der Waals surface area contributed by atoms with Gasteiger partial charge in [0.05, 0.1) is 0 Å². The van der Waals surface area contributed by atoms with Gasteiger partial charge in [0.25, 0.3) is 0 Å². The van der Waals surface area contributed by atoms with E-state index in [1.165, 1.54) is 12.0 Å². The van der Waals surface area contributed by atoms with Gasteiger partial charge in [0.2, 0.25) is 0 Å². The van der Waals surface area contributed by atoms with Crippen molar-refractivity contribution in [3.8, 4) is 0 Å². The van der Waals surface area contributed by atoms with E-state index in [9.17, 15) is 0 Å². The second kappa shape index (κ2) is 11.0. The van der Waals surface area contributed by atoms with Crippen LogP contribution in [-0.4, -0.2) is 26.3 Å². The Kier molecular flexibility index (Phi) is 9.38. The molecule has 1 rings (SSSR count). The Morgan fingerprint density at radius 2 is 1.84 bits per heavy atom. The highest BCUT2D eigenvalue weighted by molar-refractivity contribution is 5.15. The summed E-state index contributed by atoms with van der Waals surface area (Å²) in [7, 11) is 0. The SMILES string of the molecule is CCCNCC(CCOCCC)Cc1ccccc1. The molecule has 0 aromatic heterocycles. The van der Waals surface area contributed by atoms with Crippen LogP contribution < -0.4 is 5.32 Å². The highest BCUT2D eigenvalue weighted by Gasteiger charge is 2.09. The van der Waals surface area contributed by atoms with Gasteiger partial charge in [0.15, 0.2) is 0 Å². The van der Waals surface area contributed by atoms with Crippen molar-refractivity contribution in [2.75, 3.05) is 26.3 Å². The maximum atomic E-state index is 5.63. The van der Waals surface area contributed by atoms with Crippen LogP contribution in [0.15, 0.2) is 30.3 Å². The minimum Gasteiger partial charge on any atom is -0.381 e. The van der Waals surface area contributed by atoms with Crippen LogP contribution in [0.3, 0.4) is 0 Å². The van der Waals surface area contributed by atoms with E-state index in [0.29, 0.717) is 5.92 Å². The van der Waals surface area contributed by atoms with E-state index in [1.807, 2.05) is 0 Å². The molecule has 0 aliphatic rings. The first-order valence-corrected chi connectivity index (χ1v) is 7.69. The zero-order valence-electron chi connectivity index (χ0n) is 12.5. The molecular weight excluding hydrogens is 234 g/mol. The molecule has 108 valence electrons. The largest absolute Gasteiger partial charge is 0.381 e. The Hall–Kier alpha value is -0.860. The van der Waals surface area contributed by atoms with Gasteiger partial charge in [0, 0.05) is 13.2 Å². The minimum absolute atomic E-state index is 0.672. The number of ether oxygens (including phenoxy) is 1. The molecule has 0 aliphatic heterocycles. The third-order valence-electron chi connectivity index (χ3n) is 3.25. The standard InChI is InChI=1S/C17H29NO/c1-3-11-18-15-17(10-13-19-12-4-2)14-16-8-6-5-7-9-16/h5-9,17-18H,3-4,10-15H2,1-2H3. The molecule has 0 aliphatic carbocycles. The molecule has 0 fully saturated rings. The summed E-state index contributed by atoms with van der Waals surface area (Å²) >= 11 is 0. The van der Waals surface area contributed by atoms with Gasteiger partial charge in [-0.15, -0.1) is 0 Å². The lowest BCUT2D eigenvalue weighted by Gasteiger charge is -2.18. The van der Waals surface area contributed by atoms with Gasteiger partial charge in [-0.2, -0.15) is 0 Å². The van der Waals surface area contributed by atoms with Crippen LogP contribution in [-0.2, 0) is 11.2 Å². The quantitative estimate of drug-likeness (QED) is 0.615. The van der Waals surface area contributed by atoms with Crippen molar-refractivity contribution >= 4 is 0 Å². The first-order valence-electron chi connectivity index (χ1n) is 7.69. The molecule has 2 heteroatoms. The van der Waals surface area contributed by atoms with E-state index in [1.54, 1.807) is 0 Å². The smallest absolute Gasteiger partial charge is 0.0469 e. The van der Waals surface area contributed by atoms with E-state index in [-0.39, 0.29) is 0 Å². The van der Waals surface area contributed by atoms with Crippen LogP contribution in [0.5, 0.6) is 0 Å². The number of nitrogens with one attached hydrogen (secondary N) is 1. The maximum absolute atomic E-state index is 5.63. The van der Waals surface area contributed by atoms with Gasteiger partial charge < -0.3 is 10.1 Å². The second-order valence-electron chi connectivity index (χ2n) is 5.16. The Bertz CT molecular complexity index is 299. The van der Waals surface area contributed by atoms with E-state index < -0.39 is 0 Å². The van der Waals surface area contributed by atoms with Crippen molar-refractivity contribution in [2.24, 2.45) is 5.92 Å². The van der Waals surface area contributed by atoms with Crippen LogP contribution in [0.2, 0.25) is 0 Å². The predicted octanol–water partition coefficient (Wildman–Crippen LogP) is 3.66. The predicted molar refractivity (Wildman–Crippen MR) is 82.5 cm³/mol. The lowest BCUT2D eigenvalue weighted by atomic mass is 9.96. The number of rotatable bonds is 11. The summed E-state index contributed by atoms with van der Waals surface area (Å²) in [6.07, 6.45) is 4.60. The number of benzene rings is 1. The fourth-order valence-electron chi connectivity index (χ4n) is 2.20. The van der Waals surface area contributed by atoms with Crippen molar-refractivity contribution in [3.05, 3.63) is 35.9 Å². The van der Waals surface area contributed by atoms with Crippen molar-refractivity contribution in [1.29, 1.82) is 0 Å². The molecule has 0 saturated heterocycles. The van der Waals surface area contributed by atoms with Gasteiger partial charge in [-0.25, -0.2) is 0 Å². The average Bonchev–Trinajstić information content (AvgIpc) is 2.44. The summed E-state index contributed by atoms with van der Waals surface area (Å²) in [5.74, 6) is 0.672. The molecule has 2 nitrogen and oxygen atoms in total. The van der Waals surface area contributed by atoms with Gasteiger partial charge in [-0.1, -0.05) is 44.2 Å². The molecule has 0 bridgehead atoms. The molecule has 0 amide bonds. The van der Waals surface area contributed by atoms with Gasteiger partial charge in [0.1, 0.15) is 0 Å². The first kappa shape index (κ1) is 16.2. The van der Waals surface area contributed by atoms with Crippen molar-refractivity contribution in [3.63, 3.8) is 0 Å². The normalized spacial score (nSPS) is 12.5. The Morgan fingerprint density at radius 1 is 1.05 bits per heavy atom. The zero-order valence-corrected chi connectivity index (χ0v) is 12.5. The third kappa shape index (κ3) is 8.02. The fourth-order valence-corrected chi connectivity index (χ4v) is 2.20. The zero-order chi connectivity index (χ0) is 13.8. The van der Waals surface area contributed by atoms with E-state index >= 15 is 0 Å².